The van der Waals surface area contributed by atoms with Crippen LogP contribution >= 0.6 is 0 Å². The highest BCUT2D eigenvalue weighted by molar-refractivity contribution is 4.79. The fraction of sp³-hybridized carbons (Fsp3) is 0.800. The second-order valence-corrected chi connectivity index (χ2v) is 4.06. The molecule has 1 unspecified atom stereocenters. The first-order valence-corrected chi connectivity index (χ1v) is 5.60. The number of ether oxygens (including phenoxy) is 1. The molecule has 1 saturated heterocycles. The molecule has 1 aromatic heterocycles. The summed E-state index contributed by atoms with van der Waals surface area (Å²) in [7, 11) is 2.12. The Hall–Kier alpha value is -0.980. The van der Waals surface area contributed by atoms with Gasteiger partial charge in [0.05, 0.1) is 12.7 Å². The largest absolute Gasteiger partial charge is 0.374 e. The van der Waals surface area contributed by atoms with Gasteiger partial charge in [-0.15, -0.1) is 0 Å². The van der Waals surface area contributed by atoms with Crippen LogP contribution in [0.4, 0.5) is 0 Å². The van der Waals surface area contributed by atoms with Crippen molar-refractivity contribution >= 4 is 0 Å². The van der Waals surface area contributed by atoms with Crippen molar-refractivity contribution in [2.75, 3.05) is 39.8 Å². The average molecular weight is 226 g/mol. The summed E-state index contributed by atoms with van der Waals surface area (Å²) in [6, 6.07) is 0. The lowest BCUT2D eigenvalue weighted by molar-refractivity contribution is -0.0179. The van der Waals surface area contributed by atoms with E-state index >= 15 is 0 Å². The van der Waals surface area contributed by atoms with E-state index in [4.69, 9.17) is 4.74 Å². The molecule has 0 aliphatic carbocycles. The first kappa shape index (κ1) is 11.5. The number of nitrogens with one attached hydrogen (secondary N) is 1. The zero-order valence-corrected chi connectivity index (χ0v) is 9.56. The Balaban J connectivity index is 1.57. The van der Waals surface area contributed by atoms with Crippen molar-refractivity contribution in [1.29, 1.82) is 0 Å². The minimum Gasteiger partial charge on any atom is -0.374 e. The van der Waals surface area contributed by atoms with E-state index in [1.165, 1.54) is 6.39 Å². The molecule has 6 heteroatoms. The fourth-order valence-corrected chi connectivity index (χ4v) is 1.76. The van der Waals surface area contributed by atoms with Gasteiger partial charge >= 0.3 is 0 Å². The second-order valence-electron chi connectivity index (χ2n) is 4.06. The molecule has 90 valence electrons. The van der Waals surface area contributed by atoms with Crippen LogP contribution in [0.25, 0.3) is 0 Å². The van der Waals surface area contributed by atoms with Crippen LogP contribution < -0.4 is 5.32 Å². The molecule has 1 aliphatic heterocycles. The smallest absolute Gasteiger partial charge is 0.213 e. The molecule has 0 spiro atoms. The summed E-state index contributed by atoms with van der Waals surface area (Å²) in [6.07, 6.45) is 2.44. The molecule has 1 atom stereocenters. The fourth-order valence-electron chi connectivity index (χ4n) is 1.76. The molecule has 16 heavy (non-hydrogen) atoms. The minimum atomic E-state index is 0.295. The minimum absolute atomic E-state index is 0.295. The predicted molar refractivity (Wildman–Crippen MR) is 58.1 cm³/mol. The van der Waals surface area contributed by atoms with Crippen molar-refractivity contribution in [2.45, 2.75) is 12.5 Å². The van der Waals surface area contributed by atoms with Crippen LogP contribution in [0.2, 0.25) is 0 Å². The van der Waals surface area contributed by atoms with Crippen LogP contribution in [0.1, 0.15) is 5.82 Å². The van der Waals surface area contributed by atoms with Gasteiger partial charge in [0, 0.05) is 32.6 Å². The Morgan fingerprint density at radius 1 is 1.62 bits per heavy atom. The summed E-state index contributed by atoms with van der Waals surface area (Å²) < 4.78 is 10.3. The lowest BCUT2D eigenvalue weighted by atomic mass is 10.3. The number of nitrogens with zero attached hydrogens (tertiary/aromatic N) is 3. The first-order valence-electron chi connectivity index (χ1n) is 5.60. The van der Waals surface area contributed by atoms with Crippen LogP contribution in [0.15, 0.2) is 10.9 Å². The number of hydrogen-bond acceptors (Lipinski definition) is 6. The van der Waals surface area contributed by atoms with Crippen molar-refractivity contribution in [1.82, 2.24) is 20.4 Å². The third-order valence-electron chi connectivity index (χ3n) is 2.65. The summed E-state index contributed by atoms with van der Waals surface area (Å²) >= 11 is 0. The summed E-state index contributed by atoms with van der Waals surface area (Å²) in [5, 5.41) is 7.09. The Labute approximate surface area is 95.0 Å². The van der Waals surface area contributed by atoms with Gasteiger partial charge in [0.1, 0.15) is 0 Å². The maximum atomic E-state index is 5.63. The normalized spacial score (nSPS) is 22.4. The molecule has 0 saturated carbocycles. The standard InChI is InChI=1S/C10H18N4O2/c1-14-4-5-15-9(7-14)6-11-3-2-10-12-8-16-13-10/h8-9,11H,2-7H2,1H3. The van der Waals surface area contributed by atoms with E-state index < -0.39 is 0 Å². The number of morpholine rings is 1. The van der Waals surface area contributed by atoms with Crippen molar-refractivity contribution < 1.29 is 9.26 Å². The molecule has 1 aliphatic rings. The average Bonchev–Trinajstić information content (AvgIpc) is 2.77. The third kappa shape index (κ3) is 3.55. The molecule has 1 N–H and O–H groups in total. The van der Waals surface area contributed by atoms with Crippen LogP contribution in [-0.2, 0) is 11.2 Å². The van der Waals surface area contributed by atoms with Crippen LogP contribution in [0, 0.1) is 0 Å². The topological polar surface area (TPSA) is 63.4 Å². The van der Waals surface area contributed by atoms with E-state index in [1.54, 1.807) is 0 Å². The molecule has 6 nitrogen and oxygen atoms in total. The monoisotopic (exact) mass is 226 g/mol. The van der Waals surface area contributed by atoms with Gasteiger partial charge in [0.25, 0.3) is 0 Å². The van der Waals surface area contributed by atoms with Gasteiger partial charge in [-0.05, 0) is 7.05 Å². The third-order valence-corrected chi connectivity index (χ3v) is 2.65. The Bertz CT molecular complexity index is 291. The Morgan fingerprint density at radius 2 is 2.56 bits per heavy atom. The van der Waals surface area contributed by atoms with E-state index in [-0.39, 0.29) is 0 Å². The van der Waals surface area contributed by atoms with E-state index in [9.17, 15) is 0 Å². The van der Waals surface area contributed by atoms with Gasteiger partial charge in [-0.3, -0.25) is 0 Å². The summed E-state index contributed by atoms with van der Waals surface area (Å²) in [6.45, 7) is 4.58. The van der Waals surface area contributed by atoms with Crippen LogP contribution in [0.3, 0.4) is 0 Å². The van der Waals surface area contributed by atoms with E-state index in [1.807, 2.05) is 0 Å². The molecular weight excluding hydrogens is 208 g/mol. The molecule has 1 fully saturated rings. The maximum Gasteiger partial charge on any atom is 0.213 e. The summed E-state index contributed by atoms with van der Waals surface area (Å²) in [5.74, 6) is 0.745. The first-order chi connectivity index (χ1) is 7.84. The molecule has 2 rings (SSSR count). The maximum absolute atomic E-state index is 5.63. The quantitative estimate of drug-likeness (QED) is 0.685. The van der Waals surface area contributed by atoms with Crippen molar-refractivity contribution in [2.24, 2.45) is 0 Å². The van der Waals surface area contributed by atoms with Gasteiger partial charge in [0.15, 0.2) is 5.82 Å². The molecule has 1 aromatic rings. The molecule has 0 radical (unpaired) electrons. The highest BCUT2D eigenvalue weighted by Gasteiger charge is 2.16. The SMILES string of the molecule is CN1CCOC(CNCCc2ncon2)C1. The van der Waals surface area contributed by atoms with Crippen molar-refractivity contribution in [3.63, 3.8) is 0 Å². The predicted octanol–water partition coefficient (Wildman–Crippen LogP) is -0.468. The van der Waals surface area contributed by atoms with E-state index in [0.29, 0.717) is 6.10 Å². The number of aromatic nitrogens is 2. The molecule has 2 heterocycles. The van der Waals surface area contributed by atoms with Gasteiger partial charge in [-0.2, -0.15) is 4.98 Å². The zero-order chi connectivity index (χ0) is 11.2. The van der Waals surface area contributed by atoms with Gasteiger partial charge in [0.2, 0.25) is 6.39 Å². The Kier molecular flexibility index (Phi) is 4.26. The van der Waals surface area contributed by atoms with Gasteiger partial charge < -0.3 is 19.5 Å². The van der Waals surface area contributed by atoms with Gasteiger partial charge in [-0.25, -0.2) is 0 Å². The lowest BCUT2D eigenvalue weighted by Gasteiger charge is -2.30. The Morgan fingerprint density at radius 3 is 3.31 bits per heavy atom. The zero-order valence-electron chi connectivity index (χ0n) is 9.56. The van der Waals surface area contributed by atoms with Crippen LogP contribution in [0.5, 0.6) is 0 Å². The lowest BCUT2D eigenvalue weighted by Crippen LogP contribution is -2.45. The molecule has 0 bridgehead atoms. The van der Waals surface area contributed by atoms with Crippen molar-refractivity contribution in [3.05, 3.63) is 12.2 Å². The van der Waals surface area contributed by atoms with E-state index in [2.05, 4.69) is 31.9 Å². The molecule has 0 aromatic carbocycles. The highest BCUT2D eigenvalue weighted by Crippen LogP contribution is 2.01. The number of hydrogen-bond donors (Lipinski definition) is 1. The summed E-state index contributed by atoms with van der Waals surface area (Å²) in [5.41, 5.74) is 0. The molecular formula is C10H18N4O2. The van der Waals surface area contributed by atoms with Gasteiger partial charge in [-0.1, -0.05) is 5.16 Å². The molecule has 0 amide bonds. The highest BCUT2D eigenvalue weighted by atomic mass is 16.5. The van der Waals surface area contributed by atoms with Crippen molar-refractivity contribution in [3.8, 4) is 0 Å². The van der Waals surface area contributed by atoms with E-state index in [0.717, 1.165) is 45.0 Å². The second kappa shape index (κ2) is 5.93. The number of rotatable bonds is 5. The van der Waals surface area contributed by atoms with Crippen LogP contribution in [-0.4, -0.2) is 61.0 Å². The number of likely N-dealkylation sites (N-methyl/N-ethyl adjacent to an activating group) is 1. The summed E-state index contributed by atoms with van der Waals surface area (Å²) in [4.78, 5) is 6.24.